The number of thioether (sulfide) groups is 1. The summed E-state index contributed by atoms with van der Waals surface area (Å²) in [5, 5.41) is 7.09. The largest absolute Gasteiger partial charge is 0.497 e. The van der Waals surface area contributed by atoms with Crippen LogP contribution in [0.1, 0.15) is 5.56 Å². The van der Waals surface area contributed by atoms with E-state index < -0.39 is 15.2 Å². The second-order valence-corrected chi connectivity index (χ2v) is 8.20. The van der Waals surface area contributed by atoms with Crippen molar-refractivity contribution in [3.63, 3.8) is 0 Å². The predicted octanol–water partition coefficient (Wildman–Crippen LogP) is 0.903. The number of benzene rings is 1. The molecule has 1 aromatic carbocycles. The van der Waals surface area contributed by atoms with Crippen molar-refractivity contribution in [1.82, 2.24) is 0 Å². The molecule has 8 heteroatoms. The molecule has 0 saturated carbocycles. The van der Waals surface area contributed by atoms with E-state index in [1.54, 1.807) is 37.1 Å². The van der Waals surface area contributed by atoms with Gasteiger partial charge in [0.2, 0.25) is 0 Å². The van der Waals surface area contributed by atoms with Gasteiger partial charge in [-0.15, -0.1) is 0 Å². The van der Waals surface area contributed by atoms with Gasteiger partial charge in [-0.05, 0) is 12.1 Å². The number of amidine groups is 1. The van der Waals surface area contributed by atoms with E-state index in [1.807, 2.05) is 4.90 Å². The summed E-state index contributed by atoms with van der Waals surface area (Å²) in [6.45, 7) is 0.593. The summed E-state index contributed by atoms with van der Waals surface area (Å²) in [6, 6.07) is 5.15. The minimum absolute atomic E-state index is 0.0851. The van der Waals surface area contributed by atoms with Crippen molar-refractivity contribution in [2.45, 2.75) is 5.37 Å². The van der Waals surface area contributed by atoms with Crippen molar-refractivity contribution >= 4 is 33.1 Å². The lowest BCUT2D eigenvalue weighted by atomic mass is 10.1. The lowest BCUT2D eigenvalue weighted by Crippen LogP contribution is -2.47. The molecule has 1 atom stereocenters. The van der Waals surface area contributed by atoms with Crippen LogP contribution in [0.5, 0.6) is 5.75 Å². The molecule has 0 amide bonds. The van der Waals surface area contributed by atoms with E-state index in [0.717, 1.165) is 5.75 Å². The molecule has 1 unspecified atom stereocenters. The average Bonchev–Trinajstić information content (AvgIpc) is 2.45. The highest BCUT2D eigenvalue weighted by Crippen LogP contribution is 2.32. The van der Waals surface area contributed by atoms with Crippen LogP contribution in [0.15, 0.2) is 18.2 Å². The second-order valence-electron chi connectivity index (χ2n) is 4.85. The van der Waals surface area contributed by atoms with Crippen LogP contribution < -0.4 is 15.4 Å². The number of hydrogen-bond donors (Lipinski definition) is 2. The standard InChI is InChI=1S/C13H19N3O3S2/c1-19-9-3-4-10(13(14)15)11(7-9)16-5-6-20-8-12(16)21(2,17)18/h3-4,7,12H,5-6,8H2,1-2H3,(H3,14,15). The van der Waals surface area contributed by atoms with Gasteiger partial charge in [-0.1, -0.05) is 0 Å². The zero-order valence-corrected chi connectivity index (χ0v) is 13.6. The predicted molar refractivity (Wildman–Crippen MR) is 87.3 cm³/mol. The Morgan fingerprint density at radius 2 is 2.24 bits per heavy atom. The number of hydrogen-bond acceptors (Lipinski definition) is 6. The number of nitrogens with zero attached hydrogens (tertiary/aromatic N) is 1. The third-order valence-corrected chi connectivity index (χ3v) is 6.03. The van der Waals surface area contributed by atoms with Gasteiger partial charge >= 0.3 is 0 Å². The third-order valence-electron chi connectivity index (χ3n) is 3.38. The maximum Gasteiger partial charge on any atom is 0.169 e. The zero-order chi connectivity index (χ0) is 15.6. The first-order valence-corrected chi connectivity index (χ1v) is 9.51. The Hall–Kier alpha value is -1.41. The van der Waals surface area contributed by atoms with Crippen LogP contribution in [-0.2, 0) is 9.84 Å². The van der Waals surface area contributed by atoms with E-state index in [1.165, 1.54) is 6.26 Å². The van der Waals surface area contributed by atoms with Crippen molar-refractivity contribution in [3.05, 3.63) is 23.8 Å². The van der Waals surface area contributed by atoms with Crippen molar-refractivity contribution < 1.29 is 13.2 Å². The normalized spacial score (nSPS) is 19.3. The number of nitrogens with one attached hydrogen (secondary N) is 1. The van der Waals surface area contributed by atoms with E-state index in [0.29, 0.717) is 29.3 Å². The molecule has 1 saturated heterocycles. The molecule has 0 aromatic heterocycles. The van der Waals surface area contributed by atoms with E-state index in [4.69, 9.17) is 15.9 Å². The first kappa shape index (κ1) is 16.0. The van der Waals surface area contributed by atoms with Gasteiger partial charge in [0.25, 0.3) is 0 Å². The summed E-state index contributed by atoms with van der Waals surface area (Å²) in [6.07, 6.45) is 1.24. The highest BCUT2D eigenvalue weighted by molar-refractivity contribution is 8.01. The monoisotopic (exact) mass is 329 g/mol. The van der Waals surface area contributed by atoms with Crippen molar-refractivity contribution in [1.29, 1.82) is 5.41 Å². The smallest absolute Gasteiger partial charge is 0.169 e. The van der Waals surface area contributed by atoms with Crippen LogP contribution in [0, 0.1) is 5.41 Å². The van der Waals surface area contributed by atoms with Crippen molar-refractivity contribution in [2.24, 2.45) is 5.73 Å². The van der Waals surface area contributed by atoms with Gasteiger partial charge in [0.05, 0.1) is 12.8 Å². The van der Waals surface area contributed by atoms with Gasteiger partial charge in [-0.3, -0.25) is 5.41 Å². The molecule has 0 bridgehead atoms. The van der Waals surface area contributed by atoms with E-state index in [9.17, 15) is 8.42 Å². The minimum Gasteiger partial charge on any atom is -0.497 e. The molecule has 1 aromatic rings. The van der Waals surface area contributed by atoms with E-state index in [2.05, 4.69) is 0 Å². The van der Waals surface area contributed by atoms with Crippen LogP contribution in [0.3, 0.4) is 0 Å². The van der Waals surface area contributed by atoms with Gasteiger partial charge in [0.1, 0.15) is 17.0 Å². The highest BCUT2D eigenvalue weighted by atomic mass is 32.2. The molecule has 0 aliphatic carbocycles. The Kier molecular flexibility index (Phi) is 4.67. The highest BCUT2D eigenvalue weighted by Gasteiger charge is 2.32. The summed E-state index contributed by atoms with van der Waals surface area (Å²) in [5.41, 5.74) is 6.79. The topological polar surface area (TPSA) is 96.5 Å². The summed E-state index contributed by atoms with van der Waals surface area (Å²) < 4.78 is 29.3. The Balaban J connectivity index is 2.53. The fourth-order valence-corrected chi connectivity index (χ4v) is 5.15. The lowest BCUT2D eigenvalue weighted by Gasteiger charge is -2.37. The molecule has 0 spiro atoms. The van der Waals surface area contributed by atoms with E-state index in [-0.39, 0.29) is 5.84 Å². The summed E-state index contributed by atoms with van der Waals surface area (Å²) in [7, 11) is -1.68. The Bertz CT molecular complexity index is 646. The molecular weight excluding hydrogens is 310 g/mol. The van der Waals surface area contributed by atoms with Gasteiger partial charge in [0.15, 0.2) is 9.84 Å². The summed E-state index contributed by atoms with van der Waals surface area (Å²) >= 11 is 1.62. The van der Waals surface area contributed by atoms with Crippen LogP contribution in [0.4, 0.5) is 5.69 Å². The molecular formula is C13H19N3O3S2. The molecule has 1 fully saturated rings. The molecule has 0 radical (unpaired) electrons. The summed E-state index contributed by atoms with van der Waals surface area (Å²) in [4.78, 5) is 1.81. The SMILES string of the molecule is COc1ccc(C(=N)N)c(N2CCSCC2S(C)(=O)=O)c1. The Morgan fingerprint density at radius 1 is 1.52 bits per heavy atom. The molecule has 6 nitrogen and oxygen atoms in total. The average molecular weight is 329 g/mol. The minimum atomic E-state index is -3.23. The molecule has 1 aliphatic heterocycles. The number of nitrogen functional groups attached to an aromatic ring is 1. The van der Waals surface area contributed by atoms with Crippen molar-refractivity contribution in [3.8, 4) is 5.75 Å². The first-order chi connectivity index (χ1) is 9.84. The quantitative estimate of drug-likeness (QED) is 0.629. The van der Waals surface area contributed by atoms with Crippen LogP contribution in [-0.4, -0.2) is 51.0 Å². The van der Waals surface area contributed by atoms with Crippen LogP contribution in [0.25, 0.3) is 0 Å². The van der Waals surface area contributed by atoms with Gasteiger partial charge in [0, 0.05) is 35.9 Å². The van der Waals surface area contributed by atoms with Crippen LogP contribution in [0.2, 0.25) is 0 Å². The Morgan fingerprint density at radius 3 is 2.81 bits per heavy atom. The van der Waals surface area contributed by atoms with Gasteiger partial charge < -0.3 is 15.4 Å². The molecule has 116 valence electrons. The first-order valence-electron chi connectivity index (χ1n) is 6.40. The molecule has 21 heavy (non-hydrogen) atoms. The number of rotatable bonds is 4. The third kappa shape index (κ3) is 3.44. The maximum absolute atomic E-state index is 12.0. The number of anilines is 1. The fourth-order valence-electron chi connectivity index (χ4n) is 2.32. The molecule has 3 N–H and O–H groups in total. The van der Waals surface area contributed by atoms with E-state index >= 15 is 0 Å². The van der Waals surface area contributed by atoms with Gasteiger partial charge in [-0.25, -0.2) is 8.42 Å². The summed E-state index contributed by atoms with van der Waals surface area (Å²) in [5.74, 6) is 1.87. The molecule has 2 rings (SSSR count). The van der Waals surface area contributed by atoms with Crippen molar-refractivity contribution in [2.75, 3.05) is 36.3 Å². The number of methoxy groups -OCH3 is 1. The number of nitrogens with two attached hydrogens (primary N) is 1. The second kappa shape index (κ2) is 6.15. The number of ether oxygens (including phenoxy) is 1. The molecule has 1 aliphatic rings. The fraction of sp³-hybridized carbons (Fsp3) is 0.462. The van der Waals surface area contributed by atoms with Gasteiger partial charge in [-0.2, -0.15) is 11.8 Å². The Labute approximate surface area is 129 Å². The van der Waals surface area contributed by atoms with Crippen LogP contribution >= 0.6 is 11.8 Å². The maximum atomic E-state index is 12.0. The number of sulfone groups is 1. The lowest BCUT2D eigenvalue weighted by molar-refractivity contribution is 0.414. The zero-order valence-electron chi connectivity index (χ0n) is 12.0. The molecule has 1 heterocycles.